The highest BCUT2D eigenvalue weighted by molar-refractivity contribution is 5.96. The van der Waals surface area contributed by atoms with E-state index in [2.05, 4.69) is 16.0 Å². The number of carboxylic acids is 2. The number of benzene rings is 1. The first-order valence-electron chi connectivity index (χ1n) is 11.5. The average molecular weight is 550 g/mol. The highest BCUT2D eigenvalue weighted by Crippen LogP contribution is 2.42. The molecule has 1 aromatic carbocycles. The molecule has 16 heteroatoms. The van der Waals surface area contributed by atoms with Crippen LogP contribution in [0.3, 0.4) is 0 Å². The molecular weight excluding hydrogens is 519 g/mol. The van der Waals surface area contributed by atoms with Gasteiger partial charge in [0, 0.05) is 17.9 Å². The lowest BCUT2D eigenvalue weighted by atomic mass is 9.83. The highest BCUT2D eigenvalue weighted by atomic mass is 19.4. The van der Waals surface area contributed by atoms with Crippen LogP contribution in [0.1, 0.15) is 53.9 Å². The summed E-state index contributed by atoms with van der Waals surface area (Å²) in [6.45, 7) is 0. The monoisotopic (exact) mass is 549 g/mol. The molecule has 212 valence electrons. The summed E-state index contributed by atoms with van der Waals surface area (Å²) < 4.78 is 40.5. The predicted molar refractivity (Wildman–Crippen MR) is 123 cm³/mol. The molecule has 0 aromatic heterocycles. The molecule has 1 fully saturated rings. The molecule has 0 bridgehead atoms. The van der Waals surface area contributed by atoms with Gasteiger partial charge >= 0.3 is 18.1 Å². The van der Waals surface area contributed by atoms with Crippen molar-refractivity contribution in [3.8, 4) is 0 Å². The van der Waals surface area contributed by atoms with Gasteiger partial charge in [0.25, 0.3) is 11.7 Å². The second-order valence-electron chi connectivity index (χ2n) is 8.91. The Morgan fingerprint density at radius 3 is 2.16 bits per heavy atom. The maximum atomic E-state index is 13.5. The van der Waals surface area contributed by atoms with Crippen molar-refractivity contribution in [3.05, 3.63) is 35.4 Å². The van der Waals surface area contributed by atoms with Gasteiger partial charge in [-0.3, -0.25) is 25.4 Å². The molecule has 0 saturated carbocycles. The van der Waals surface area contributed by atoms with Crippen molar-refractivity contribution in [2.45, 2.75) is 68.5 Å². The number of aliphatic carboxylic acids is 2. The quantitative estimate of drug-likeness (QED) is 0.145. The van der Waals surface area contributed by atoms with Crippen LogP contribution in [0.25, 0.3) is 0 Å². The number of carbonyl (C=O) groups excluding carboxylic acids is 2. The minimum atomic E-state index is -5.44. The molecule has 1 heterocycles. The Morgan fingerprint density at radius 1 is 1.05 bits per heavy atom. The Labute approximate surface area is 214 Å². The lowest BCUT2D eigenvalue weighted by molar-refractivity contribution is -0.359. The minimum absolute atomic E-state index is 0.00453. The molecule has 2 amide bonds. The molecular formula is C22H30F3N5O8. The van der Waals surface area contributed by atoms with Crippen LogP contribution in [0.15, 0.2) is 24.3 Å². The van der Waals surface area contributed by atoms with E-state index in [0.29, 0.717) is 0 Å². The average Bonchev–Trinajstić information content (AvgIpc) is 2.79. The van der Waals surface area contributed by atoms with Crippen molar-refractivity contribution in [1.29, 1.82) is 0 Å². The van der Waals surface area contributed by atoms with Gasteiger partial charge < -0.3 is 36.8 Å². The summed E-state index contributed by atoms with van der Waals surface area (Å²) in [5.74, 6) is -11.1. The number of nitrogens with one attached hydrogen (secondary N) is 3. The van der Waals surface area contributed by atoms with E-state index >= 15 is 0 Å². The van der Waals surface area contributed by atoms with Crippen LogP contribution in [-0.2, 0) is 14.4 Å². The molecule has 0 spiro atoms. The first kappa shape index (κ1) is 30.9. The normalized spacial score (nSPS) is 21.8. The van der Waals surface area contributed by atoms with Gasteiger partial charge in [-0.2, -0.15) is 13.2 Å². The van der Waals surface area contributed by atoms with Crippen LogP contribution >= 0.6 is 0 Å². The van der Waals surface area contributed by atoms with E-state index in [9.17, 15) is 47.7 Å². The second kappa shape index (κ2) is 12.5. The molecule has 38 heavy (non-hydrogen) atoms. The summed E-state index contributed by atoms with van der Waals surface area (Å²) >= 11 is 0. The number of amides is 2. The summed E-state index contributed by atoms with van der Waals surface area (Å²) in [6, 6.07) is 2.72. The standard InChI is InChI=1S/C22H30F3N5O8/c23-22(24,25)21(37,38)13(3-1-2-12-16(26)29-20(27)30-18(12)34)10-4-6-11(7-5-10)17(33)28-14(19(35)36)8-9-15(31)32/h4-7,12-14,16,20,29,37-38H,1-3,8-9,26-27H2,(H,28,33)(H,30,34)(H,31,32)(H,35,36)/t12?,13-,14+,16?,20?/m1/s1. The Balaban J connectivity index is 2.18. The van der Waals surface area contributed by atoms with Gasteiger partial charge in [0.1, 0.15) is 12.3 Å². The molecule has 3 unspecified atom stereocenters. The zero-order valence-corrected chi connectivity index (χ0v) is 19.9. The first-order chi connectivity index (χ1) is 17.5. The highest BCUT2D eigenvalue weighted by Gasteiger charge is 2.58. The fraction of sp³-hybridized carbons (Fsp3) is 0.545. The third-order valence-corrected chi connectivity index (χ3v) is 6.18. The second-order valence-corrected chi connectivity index (χ2v) is 8.91. The molecule has 2 rings (SSSR count). The van der Waals surface area contributed by atoms with Gasteiger partial charge in [0.2, 0.25) is 5.91 Å². The van der Waals surface area contributed by atoms with Crippen LogP contribution in [0.2, 0.25) is 0 Å². The number of alkyl halides is 3. The number of aliphatic hydroxyl groups is 2. The zero-order valence-electron chi connectivity index (χ0n) is 19.9. The maximum Gasteiger partial charge on any atom is 0.443 e. The molecule has 1 aliphatic heterocycles. The zero-order chi connectivity index (χ0) is 28.8. The SMILES string of the molecule is NC1NC(=O)C(CCC[C@H](c2ccc(C(=O)N[C@@H](CCC(=O)O)C(=O)O)cc2)C(O)(O)C(F)(F)F)C(N)N1. The molecule has 13 nitrogen and oxygen atoms in total. The Morgan fingerprint density at radius 2 is 1.66 bits per heavy atom. The van der Waals surface area contributed by atoms with Crippen molar-refractivity contribution < 1.29 is 52.8 Å². The largest absolute Gasteiger partial charge is 0.481 e. The predicted octanol–water partition coefficient (Wildman–Crippen LogP) is -0.906. The fourth-order valence-corrected chi connectivity index (χ4v) is 4.07. The van der Waals surface area contributed by atoms with Crippen LogP contribution in [0, 0.1) is 5.92 Å². The Kier molecular flexibility index (Phi) is 10.2. The van der Waals surface area contributed by atoms with Crippen molar-refractivity contribution in [3.63, 3.8) is 0 Å². The Hall–Kier alpha value is -3.31. The Bertz CT molecular complexity index is 1020. The fourth-order valence-electron chi connectivity index (χ4n) is 4.07. The number of nitrogens with two attached hydrogens (primary N) is 2. The number of carboxylic acid groups (broad SMARTS) is 2. The molecule has 1 saturated heterocycles. The smallest absolute Gasteiger partial charge is 0.443 e. The van der Waals surface area contributed by atoms with Gasteiger partial charge in [-0.15, -0.1) is 0 Å². The van der Waals surface area contributed by atoms with E-state index < -0.39 is 85.3 Å². The molecule has 5 atom stereocenters. The third kappa shape index (κ3) is 7.84. The van der Waals surface area contributed by atoms with Gasteiger partial charge in [0.05, 0.1) is 12.1 Å². The van der Waals surface area contributed by atoms with E-state index in [-0.39, 0.29) is 24.0 Å². The van der Waals surface area contributed by atoms with Gasteiger partial charge in [0.15, 0.2) is 0 Å². The van der Waals surface area contributed by atoms with Crippen molar-refractivity contribution in [2.75, 3.05) is 0 Å². The molecule has 1 aliphatic rings. The number of carbonyl (C=O) groups is 4. The lowest BCUT2D eigenvalue weighted by Gasteiger charge is -2.35. The summed E-state index contributed by atoms with van der Waals surface area (Å²) in [7, 11) is 0. The van der Waals surface area contributed by atoms with Gasteiger partial charge in [-0.05, 0) is 37.0 Å². The number of hydrogen-bond acceptors (Lipinski definition) is 9. The van der Waals surface area contributed by atoms with E-state index in [1.54, 1.807) is 0 Å². The molecule has 0 aliphatic carbocycles. The third-order valence-electron chi connectivity index (χ3n) is 6.18. The van der Waals surface area contributed by atoms with Crippen LogP contribution in [0.5, 0.6) is 0 Å². The topological polar surface area (TPSA) is 237 Å². The summed E-state index contributed by atoms with van der Waals surface area (Å²) in [6.07, 6.45) is -8.62. The summed E-state index contributed by atoms with van der Waals surface area (Å²) in [5.41, 5.74) is 11.0. The van der Waals surface area contributed by atoms with Crippen LogP contribution in [-0.4, -0.2) is 74.6 Å². The van der Waals surface area contributed by atoms with E-state index in [4.69, 9.17) is 16.6 Å². The minimum Gasteiger partial charge on any atom is -0.481 e. The molecule has 1 aromatic rings. The van der Waals surface area contributed by atoms with E-state index in [1.165, 1.54) is 0 Å². The van der Waals surface area contributed by atoms with Crippen molar-refractivity contribution in [2.24, 2.45) is 17.4 Å². The van der Waals surface area contributed by atoms with Gasteiger partial charge in [-0.1, -0.05) is 18.6 Å². The van der Waals surface area contributed by atoms with Crippen LogP contribution < -0.4 is 27.4 Å². The van der Waals surface area contributed by atoms with Crippen LogP contribution in [0.4, 0.5) is 13.2 Å². The summed E-state index contributed by atoms with van der Waals surface area (Å²) in [5, 5.41) is 45.1. The molecule has 0 radical (unpaired) electrons. The first-order valence-corrected chi connectivity index (χ1v) is 11.5. The van der Waals surface area contributed by atoms with E-state index in [1.807, 2.05) is 0 Å². The molecule has 11 N–H and O–H groups in total. The summed E-state index contributed by atoms with van der Waals surface area (Å²) in [4.78, 5) is 46.5. The number of halogens is 3. The number of hydrogen-bond donors (Lipinski definition) is 9. The number of rotatable bonds is 12. The van der Waals surface area contributed by atoms with E-state index in [0.717, 1.165) is 24.3 Å². The van der Waals surface area contributed by atoms with Crippen molar-refractivity contribution >= 4 is 23.8 Å². The lowest BCUT2D eigenvalue weighted by Crippen LogP contribution is -2.67. The van der Waals surface area contributed by atoms with Gasteiger partial charge in [-0.25, -0.2) is 4.79 Å². The maximum absolute atomic E-state index is 13.5. The van der Waals surface area contributed by atoms with Crippen molar-refractivity contribution in [1.82, 2.24) is 16.0 Å².